The summed E-state index contributed by atoms with van der Waals surface area (Å²) in [5.74, 6) is 2.48. The van der Waals surface area contributed by atoms with E-state index in [1.807, 2.05) is 0 Å². The van der Waals surface area contributed by atoms with Gasteiger partial charge in [0.05, 0.1) is 5.69 Å². The van der Waals surface area contributed by atoms with Gasteiger partial charge in [0.1, 0.15) is 10.3 Å². The molecule has 0 saturated heterocycles. The van der Waals surface area contributed by atoms with E-state index < -0.39 is 0 Å². The summed E-state index contributed by atoms with van der Waals surface area (Å²) in [6, 6.07) is 0. The maximum absolute atomic E-state index is 12.0. The van der Waals surface area contributed by atoms with Crippen LogP contribution in [0.25, 0.3) is 0 Å². The Labute approximate surface area is 129 Å². The molecule has 3 nitrogen and oxygen atoms in total. The standard InChI is InChI=1S/C16H25BrN2O/c1-4-5-11-6-8-12(9-7-11)15-18-14(10(2)3)13(17)16(20)19-15/h10-12H,4-9H2,1-3H3,(H,18,19,20). The topological polar surface area (TPSA) is 45.8 Å². The van der Waals surface area contributed by atoms with E-state index >= 15 is 0 Å². The molecule has 1 heterocycles. The van der Waals surface area contributed by atoms with Gasteiger partial charge in [-0.2, -0.15) is 0 Å². The van der Waals surface area contributed by atoms with E-state index in [0.717, 1.165) is 30.3 Å². The van der Waals surface area contributed by atoms with Crippen LogP contribution >= 0.6 is 15.9 Å². The fraction of sp³-hybridized carbons (Fsp3) is 0.750. The molecule has 1 aromatic heterocycles. The first-order valence-corrected chi connectivity index (χ1v) is 8.61. The zero-order valence-electron chi connectivity index (χ0n) is 12.7. The Morgan fingerprint density at radius 3 is 2.50 bits per heavy atom. The second-order valence-electron chi connectivity index (χ2n) is 6.31. The number of nitrogens with one attached hydrogen (secondary N) is 1. The van der Waals surface area contributed by atoms with Crippen molar-refractivity contribution in [3.63, 3.8) is 0 Å². The lowest BCUT2D eigenvalue weighted by Crippen LogP contribution is -2.21. The van der Waals surface area contributed by atoms with Crippen LogP contribution in [-0.4, -0.2) is 9.97 Å². The van der Waals surface area contributed by atoms with Crippen LogP contribution in [0.4, 0.5) is 0 Å². The second-order valence-corrected chi connectivity index (χ2v) is 7.10. The molecular weight excluding hydrogens is 316 g/mol. The van der Waals surface area contributed by atoms with Gasteiger partial charge in [0.2, 0.25) is 0 Å². The van der Waals surface area contributed by atoms with Crippen LogP contribution in [0.2, 0.25) is 0 Å². The first-order chi connectivity index (χ1) is 9.52. The largest absolute Gasteiger partial charge is 0.309 e. The number of nitrogens with zero attached hydrogens (tertiary/aromatic N) is 1. The zero-order valence-corrected chi connectivity index (χ0v) is 14.3. The molecule has 20 heavy (non-hydrogen) atoms. The van der Waals surface area contributed by atoms with E-state index in [2.05, 4.69) is 41.7 Å². The number of hydrogen-bond acceptors (Lipinski definition) is 2. The highest BCUT2D eigenvalue weighted by molar-refractivity contribution is 9.10. The number of rotatable bonds is 4. The van der Waals surface area contributed by atoms with Crippen LogP contribution < -0.4 is 5.56 Å². The Kier molecular flexibility index (Phi) is 5.42. The van der Waals surface area contributed by atoms with Gasteiger partial charge >= 0.3 is 0 Å². The third-order valence-corrected chi connectivity index (χ3v) is 5.15. The van der Waals surface area contributed by atoms with E-state index in [-0.39, 0.29) is 11.5 Å². The van der Waals surface area contributed by atoms with E-state index in [9.17, 15) is 4.79 Å². The van der Waals surface area contributed by atoms with Crippen molar-refractivity contribution in [3.8, 4) is 0 Å². The van der Waals surface area contributed by atoms with Gasteiger partial charge in [0.15, 0.2) is 0 Å². The molecular formula is C16H25BrN2O. The van der Waals surface area contributed by atoms with Crippen molar-refractivity contribution >= 4 is 15.9 Å². The van der Waals surface area contributed by atoms with Crippen molar-refractivity contribution in [2.24, 2.45) is 5.92 Å². The van der Waals surface area contributed by atoms with Crippen LogP contribution in [0.15, 0.2) is 9.27 Å². The first kappa shape index (κ1) is 15.7. The predicted octanol–water partition coefficient (Wildman–Crippen LogP) is 4.73. The molecule has 0 aromatic carbocycles. The van der Waals surface area contributed by atoms with Crippen LogP contribution in [0.5, 0.6) is 0 Å². The molecule has 1 aromatic rings. The lowest BCUT2D eigenvalue weighted by molar-refractivity contribution is 0.301. The molecule has 1 N–H and O–H groups in total. The minimum absolute atomic E-state index is 0.0330. The van der Waals surface area contributed by atoms with Gasteiger partial charge < -0.3 is 4.98 Å². The normalized spacial score (nSPS) is 23.2. The van der Waals surface area contributed by atoms with Crippen molar-refractivity contribution in [3.05, 3.63) is 26.3 Å². The van der Waals surface area contributed by atoms with Crippen LogP contribution in [-0.2, 0) is 0 Å². The summed E-state index contributed by atoms with van der Waals surface area (Å²) in [5, 5.41) is 0. The first-order valence-electron chi connectivity index (χ1n) is 7.82. The molecule has 1 aliphatic carbocycles. The van der Waals surface area contributed by atoms with Crippen LogP contribution in [0.1, 0.15) is 82.7 Å². The van der Waals surface area contributed by atoms with Gasteiger partial charge in [-0.15, -0.1) is 0 Å². The SMILES string of the molecule is CCCC1CCC(c2nc(C(C)C)c(Br)c(=O)[nH]2)CC1. The summed E-state index contributed by atoms with van der Waals surface area (Å²) in [6.45, 7) is 6.41. The second kappa shape index (κ2) is 6.88. The Hall–Kier alpha value is -0.640. The summed E-state index contributed by atoms with van der Waals surface area (Å²) < 4.78 is 0.593. The maximum atomic E-state index is 12.0. The summed E-state index contributed by atoms with van der Waals surface area (Å²) in [6.07, 6.45) is 7.48. The molecule has 1 fully saturated rings. The lowest BCUT2D eigenvalue weighted by atomic mass is 9.79. The molecule has 112 valence electrons. The third-order valence-electron chi connectivity index (χ3n) is 4.38. The summed E-state index contributed by atoms with van der Waals surface area (Å²) >= 11 is 3.36. The maximum Gasteiger partial charge on any atom is 0.265 e. The molecule has 0 aliphatic heterocycles. The van der Waals surface area contributed by atoms with Gasteiger partial charge in [-0.25, -0.2) is 4.98 Å². The summed E-state index contributed by atoms with van der Waals surface area (Å²) in [5.41, 5.74) is 0.855. The van der Waals surface area contributed by atoms with E-state index in [0.29, 0.717) is 10.4 Å². The zero-order chi connectivity index (χ0) is 14.7. The molecule has 0 bridgehead atoms. The van der Waals surface area contributed by atoms with Crippen molar-refractivity contribution < 1.29 is 0 Å². The molecule has 0 radical (unpaired) electrons. The van der Waals surface area contributed by atoms with Gasteiger partial charge in [-0.1, -0.05) is 33.6 Å². The van der Waals surface area contributed by atoms with Crippen molar-refractivity contribution in [2.45, 2.75) is 71.1 Å². The molecule has 1 aliphatic rings. The van der Waals surface area contributed by atoms with Gasteiger partial charge in [0, 0.05) is 5.92 Å². The highest BCUT2D eigenvalue weighted by Crippen LogP contribution is 2.36. The van der Waals surface area contributed by atoms with Gasteiger partial charge in [-0.3, -0.25) is 4.79 Å². The smallest absolute Gasteiger partial charge is 0.265 e. The average molecular weight is 341 g/mol. The highest BCUT2D eigenvalue weighted by atomic mass is 79.9. The Morgan fingerprint density at radius 2 is 1.95 bits per heavy atom. The van der Waals surface area contributed by atoms with Gasteiger partial charge in [0.25, 0.3) is 5.56 Å². The van der Waals surface area contributed by atoms with Crippen molar-refractivity contribution in [2.75, 3.05) is 0 Å². The van der Waals surface area contributed by atoms with Crippen LogP contribution in [0.3, 0.4) is 0 Å². The quantitative estimate of drug-likeness (QED) is 0.860. The Bertz CT molecular complexity index is 502. The summed E-state index contributed by atoms with van der Waals surface area (Å²) in [7, 11) is 0. The molecule has 2 rings (SSSR count). The molecule has 0 atom stereocenters. The highest BCUT2D eigenvalue weighted by Gasteiger charge is 2.24. The average Bonchev–Trinajstić information content (AvgIpc) is 2.42. The van der Waals surface area contributed by atoms with Crippen molar-refractivity contribution in [1.29, 1.82) is 0 Å². The Balaban J connectivity index is 2.16. The monoisotopic (exact) mass is 340 g/mol. The number of aromatic nitrogens is 2. The van der Waals surface area contributed by atoms with Gasteiger partial charge in [-0.05, 0) is 53.4 Å². The fourth-order valence-electron chi connectivity index (χ4n) is 3.20. The van der Waals surface area contributed by atoms with E-state index in [1.54, 1.807) is 0 Å². The predicted molar refractivity (Wildman–Crippen MR) is 86.3 cm³/mol. The molecule has 4 heteroatoms. The van der Waals surface area contributed by atoms with Crippen molar-refractivity contribution in [1.82, 2.24) is 9.97 Å². The molecule has 0 unspecified atom stereocenters. The number of H-pyrrole nitrogens is 1. The molecule has 0 spiro atoms. The minimum Gasteiger partial charge on any atom is -0.309 e. The van der Waals surface area contributed by atoms with E-state index in [4.69, 9.17) is 4.98 Å². The van der Waals surface area contributed by atoms with Crippen LogP contribution in [0, 0.1) is 5.92 Å². The summed E-state index contributed by atoms with van der Waals surface area (Å²) in [4.78, 5) is 19.7. The number of halogens is 1. The lowest BCUT2D eigenvalue weighted by Gasteiger charge is -2.28. The fourth-order valence-corrected chi connectivity index (χ4v) is 3.85. The Morgan fingerprint density at radius 1 is 1.30 bits per heavy atom. The molecule has 1 saturated carbocycles. The minimum atomic E-state index is -0.0330. The number of hydrogen-bond donors (Lipinski definition) is 1. The third kappa shape index (κ3) is 3.51. The number of aromatic amines is 1. The molecule has 0 amide bonds. The van der Waals surface area contributed by atoms with E-state index in [1.165, 1.54) is 25.7 Å².